The summed E-state index contributed by atoms with van der Waals surface area (Å²) in [6, 6.07) is 8.30. The minimum absolute atomic E-state index is 0.365. The van der Waals surface area contributed by atoms with Gasteiger partial charge in [0.1, 0.15) is 0 Å². The molecule has 2 atom stereocenters. The third-order valence-electron chi connectivity index (χ3n) is 3.60. The molecular formula is C14H21NO. The Labute approximate surface area is 97.9 Å². The number of hydrogen-bond acceptors (Lipinski definition) is 2. The number of rotatable bonds is 3. The highest BCUT2D eigenvalue weighted by Crippen LogP contribution is 2.26. The maximum absolute atomic E-state index is 9.45. The van der Waals surface area contributed by atoms with Crippen LogP contribution in [0.4, 0.5) is 5.69 Å². The molecule has 1 fully saturated rings. The minimum Gasteiger partial charge on any atom is -0.389 e. The molecule has 0 radical (unpaired) electrons. The van der Waals surface area contributed by atoms with Crippen LogP contribution in [0.1, 0.15) is 38.4 Å². The fourth-order valence-electron chi connectivity index (χ4n) is 2.36. The van der Waals surface area contributed by atoms with Crippen molar-refractivity contribution in [3.8, 4) is 0 Å². The molecule has 2 nitrogen and oxygen atoms in total. The van der Waals surface area contributed by atoms with Gasteiger partial charge in [0.15, 0.2) is 0 Å². The van der Waals surface area contributed by atoms with E-state index in [-0.39, 0.29) is 6.10 Å². The van der Waals surface area contributed by atoms with E-state index in [9.17, 15) is 5.11 Å². The standard InChI is InChI=1S/C14H21NO/c1-3-12-8-9-15(10-12)14-6-4-13(5-7-14)11(2)16/h4-7,11-12,16H,3,8-10H2,1-2H3/t11-,12?/m0/s1. The van der Waals surface area contributed by atoms with Crippen molar-refractivity contribution in [3.05, 3.63) is 29.8 Å². The summed E-state index contributed by atoms with van der Waals surface area (Å²) in [4.78, 5) is 2.44. The van der Waals surface area contributed by atoms with Crippen LogP contribution in [0.2, 0.25) is 0 Å². The van der Waals surface area contributed by atoms with Crippen LogP contribution in [0.3, 0.4) is 0 Å². The number of aliphatic hydroxyl groups is 1. The highest BCUT2D eigenvalue weighted by Gasteiger charge is 2.20. The van der Waals surface area contributed by atoms with Crippen molar-refractivity contribution in [1.29, 1.82) is 0 Å². The third kappa shape index (κ3) is 2.38. The van der Waals surface area contributed by atoms with Crippen LogP contribution in [-0.2, 0) is 0 Å². The zero-order chi connectivity index (χ0) is 11.5. The summed E-state index contributed by atoms with van der Waals surface area (Å²) in [6.07, 6.45) is 2.23. The quantitative estimate of drug-likeness (QED) is 0.844. The molecular weight excluding hydrogens is 198 g/mol. The zero-order valence-corrected chi connectivity index (χ0v) is 10.2. The molecule has 88 valence electrons. The van der Waals surface area contributed by atoms with E-state index in [1.165, 1.54) is 31.6 Å². The molecule has 1 N–H and O–H groups in total. The Kier molecular flexibility index (Phi) is 3.49. The molecule has 0 bridgehead atoms. The molecule has 0 spiro atoms. The predicted molar refractivity (Wildman–Crippen MR) is 67.7 cm³/mol. The van der Waals surface area contributed by atoms with E-state index in [1.54, 1.807) is 6.92 Å². The SMILES string of the molecule is CCC1CCN(c2ccc([C@H](C)O)cc2)C1. The van der Waals surface area contributed by atoms with Gasteiger partial charge >= 0.3 is 0 Å². The first-order valence-corrected chi connectivity index (χ1v) is 6.23. The molecule has 1 aliphatic rings. The molecule has 1 aliphatic heterocycles. The highest BCUT2D eigenvalue weighted by atomic mass is 16.3. The van der Waals surface area contributed by atoms with Gasteiger partial charge in [-0.15, -0.1) is 0 Å². The summed E-state index contributed by atoms with van der Waals surface area (Å²) < 4.78 is 0. The van der Waals surface area contributed by atoms with Crippen molar-refractivity contribution < 1.29 is 5.11 Å². The van der Waals surface area contributed by atoms with Gasteiger partial charge in [0.25, 0.3) is 0 Å². The van der Waals surface area contributed by atoms with Gasteiger partial charge in [0, 0.05) is 18.8 Å². The molecule has 2 rings (SSSR count). The first-order valence-electron chi connectivity index (χ1n) is 6.23. The summed E-state index contributed by atoms with van der Waals surface area (Å²) in [5.41, 5.74) is 2.29. The first kappa shape index (κ1) is 11.5. The van der Waals surface area contributed by atoms with Crippen molar-refractivity contribution in [2.75, 3.05) is 18.0 Å². The smallest absolute Gasteiger partial charge is 0.0761 e. The lowest BCUT2D eigenvalue weighted by Crippen LogP contribution is -2.19. The maximum Gasteiger partial charge on any atom is 0.0761 e. The third-order valence-corrected chi connectivity index (χ3v) is 3.60. The van der Waals surface area contributed by atoms with Crippen molar-refractivity contribution >= 4 is 5.69 Å². The van der Waals surface area contributed by atoms with Gasteiger partial charge in [-0.25, -0.2) is 0 Å². The van der Waals surface area contributed by atoms with Gasteiger partial charge in [0.2, 0.25) is 0 Å². The second-order valence-electron chi connectivity index (χ2n) is 4.78. The molecule has 1 aromatic carbocycles. The number of nitrogens with zero attached hydrogens (tertiary/aromatic N) is 1. The summed E-state index contributed by atoms with van der Waals surface area (Å²) >= 11 is 0. The summed E-state index contributed by atoms with van der Waals surface area (Å²) in [5.74, 6) is 0.858. The normalized spacial score (nSPS) is 22.4. The molecule has 1 aromatic rings. The van der Waals surface area contributed by atoms with Gasteiger partial charge < -0.3 is 10.0 Å². The van der Waals surface area contributed by atoms with Gasteiger partial charge in [0.05, 0.1) is 6.10 Å². The summed E-state index contributed by atoms with van der Waals surface area (Å²) in [5, 5.41) is 9.45. The molecule has 0 amide bonds. The Morgan fingerprint density at radius 2 is 2.06 bits per heavy atom. The largest absolute Gasteiger partial charge is 0.389 e. The van der Waals surface area contributed by atoms with E-state index >= 15 is 0 Å². The lowest BCUT2D eigenvalue weighted by molar-refractivity contribution is 0.199. The topological polar surface area (TPSA) is 23.5 Å². The molecule has 1 heterocycles. The van der Waals surface area contributed by atoms with E-state index in [1.807, 2.05) is 12.1 Å². The van der Waals surface area contributed by atoms with Crippen molar-refractivity contribution in [2.24, 2.45) is 5.92 Å². The maximum atomic E-state index is 9.45. The average molecular weight is 219 g/mol. The van der Waals surface area contributed by atoms with Gasteiger partial charge in [-0.1, -0.05) is 25.5 Å². The minimum atomic E-state index is -0.365. The second kappa shape index (κ2) is 4.88. The van der Waals surface area contributed by atoms with Gasteiger partial charge in [-0.2, -0.15) is 0 Å². The number of hydrogen-bond donors (Lipinski definition) is 1. The van der Waals surface area contributed by atoms with Crippen LogP contribution in [-0.4, -0.2) is 18.2 Å². The van der Waals surface area contributed by atoms with Crippen LogP contribution in [0.25, 0.3) is 0 Å². The van der Waals surface area contributed by atoms with E-state index in [0.717, 1.165) is 11.5 Å². The van der Waals surface area contributed by atoms with Crippen LogP contribution in [0.15, 0.2) is 24.3 Å². The second-order valence-corrected chi connectivity index (χ2v) is 4.78. The van der Waals surface area contributed by atoms with Gasteiger partial charge in [-0.05, 0) is 37.0 Å². The number of benzene rings is 1. The fraction of sp³-hybridized carbons (Fsp3) is 0.571. The Hall–Kier alpha value is -1.02. The van der Waals surface area contributed by atoms with Crippen molar-refractivity contribution in [2.45, 2.75) is 32.8 Å². The lowest BCUT2D eigenvalue weighted by atomic mass is 10.1. The van der Waals surface area contributed by atoms with Crippen LogP contribution in [0.5, 0.6) is 0 Å². The van der Waals surface area contributed by atoms with Crippen LogP contribution in [0, 0.1) is 5.92 Å². The Balaban J connectivity index is 2.05. The van der Waals surface area contributed by atoms with Crippen molar-refractivity contribution in [1.82, 2.24) is 0 Å². The van der Waals surface area contributed by atoms with Crippen molar-refractivity contribution in [3.63, 3.8) is 0 Å². The van der Waals surface area contributed by atoms with Gasteiger partial charge in [-0.3, -0.25) is 0 Å². The number of anilines is 1. The van der Waals surface area contributed by atoms with Crippen LogP contribution < -0.4 is 4.90 Å². The monoisotopic (exact) mass is 219 g/mol. The molecule has 0 aromatic heterocycles. The zero-order valence-electron chi connectivity index (χ0n) is 10.2. The van der Waals surface area contributed by atoms with E-state index in [0.29, 0.717) is 0 Å². The molecule has 16 heavy (non-hydrogen) atoms. The highest BCUT2D eigenvalue weighted by molar-refractivity contribution is 5.48. The van der Waals surface area contributed by atoms with E-state index in [2.05, 4.69) is 24.0 Å². The Morgan fingerprint density at radius 3 is 2.56 bits per heavy atom. The molecule has 1 saturated heterocycles. The Bertz CT molecular complexity index is 331. The molecule has 0 aliphatic carbocycles. The molecule has 0 saturated carbocycles. The first-order chi connectivity index (χ1) is 7.70. The fourth-order valence-corrected chi connectivity index (χ4v) is 2.36. The lowest BCUT2D eigenvalue weighted by Gasteiger charge is -2.19. The molecule has 1 unspecified atom stereocenters. The average Bonchev–Trinajstić information content (AvgIpc) is 2.77. The Morgan fingerprint density at radius 1 is 1.38 bits per heavy atom. The predicted octanol–water partition coefficient (Wildman–Crippen LogP) is 2.98. The van der Waals surface area contributed by atoms with E-state index in [4.69, 9.17) is 0 Å². The molecule has 2 heteroatoms. The van der Waals surface area contributed by atoms with Crippen LogP contribution >= 0.6 is 0 Å². The summed E-state index contributed by atoms with van der Waals surface area (Å²) in [6.45, 7) is 6.43. The van der Waals surface area contributed by atoms with E-state index < -0.39 is 0 Å². The summed E-state index contributed by atoms with van der Waals surface area (Å²) in [7, 11) is 0. The number of aliphatic hydroxyl groups excluding tert-OH is 1.